The lowest BCUT2D eigenvalue weighted by molar-refractivity contribution is -0.148. The number of fused-ring (bicyclic) bond motifs is 2. The van der Waals surface area contributed by atoms with E-state index in [1.54, 1.807) is 0 Å². The van der Waals surface area contributed by atoms with Crippen molar-refractivity contribution in [3.63, 3.8) is 0 Å². The zero-order valence-electron chi connectivity index (χ0n) is 17.1. The van der Waals surface area contributed by atoms with Gasteiger partial charge in [0.05, 0.1) is 11.3 Å². The molecule has 0 aromatic heterocycles. The van der Waals surface area contributed by atoms with Crippen LogP contribution in [0.4, 0.5) is 0 Å². The molecule has 4 unspecified atom stereocenters. The molecule has 1 saturated heterocycles. The third-order valence-electron chi connectivity index (χ3n) is 7.29. The number of nitrogens with zero attached hydrogens (tertiary/aromatic N) is 1. The summed E-state index contributed by atoms with van der Waals surface area (Å²) in [7, 11) is 0. The highest BCUT2D eigenvalue weighted by Gasteiger charge is 2.56. The summed E-state index contributed by atoms with van der Waals surface area (Å²) in [5.74, 6) is 1.45. The molecule has 1 aliphatic heterocycles. The zero-order valence-corrected chi connectivity index (χ0v) is 18.0. The van der Waals surface area contributed by atoms with E-state index in [2.05, 4.69) is 29.6 Å². The number of likely N-dealkylation sites (tertiary alicyclic amines) is 1. The number of benzene rings is 1. The highest BCUT2D eigenvalue weighted by Crippen LogP contribution is 2.58. The van der Waals surface area contributed by atoms with E-state index >= 15 is 0 Å². The second kappa shape index (κ2) is 9.48. The quantitative estimate of drug-likeness (QED) is 0.744. The Hall–Kier alpha value is -1.59. The lowest BCUT2D eigenvalue weighted by Crippen LogP contribution is -2.53. The van der Waals surface area contributed by atoms with Crippen LogP contribution in [0.2, 0.25) is 0 Å². The van der Waals surface area contributed by atoms with Gasteiger partial charge in [0, 0.05) is 26.2 Å². The molecule has 2 saturated carbocycles. The normalized spacial score (nSPS) is 30.7. The molecule has 3 aliphatic rings. The van der Waals surface area contributed by atoms with Gasteiger partial charge in [-0.1, -0.05) is 36.8 Å². The molecule has 5 nitrogen and oxygen atoms in total. The first-order valence-corrected chi connectivity index (χ1v) is 10.9. The summed E-state index contributed by atoms with van der Waals surface area (Å²) in [5, 5.41) is 2.91. The molecule has 6 heteroatoms. The molecule has 0 spiro atoms. The molecule has 2 amide bonds. The molecule has 1 aromatic carbocycles. The molecule has 2 aliphatic carbocycles. The van der Waals surface area contributed by atoms with Gasteiger partial charge in [0.1, 0.15) is 0 Å². The van der Waals surface area contributed by atoms with Crippen molar-refractivity contribution < 1.29 is 9.59 Å². The highest BCUT2D eigenvalue weighted by atomic mass is 35.5. The average Bonchev–Trinajstić information content (AvgIpc) is 3.34. The molecule has 4 rings (SSSR count). The Kier molecular flexibility index (Phi) is 7.23. The van der Waals surface area contributed by atoms with E-state index in [4.69, 9.17) is 5.73 Å². The van der Waals surface area contributed by atoms with Crippen LogP contribution in [0.3, 0.4) is 0 Å². The van der Waals surface area contributed by atoms with E-state index in [0.29, 0.717) is 37.4 Å². The monoisotopic (exact) mass is 419 g/mol. The predicted molar refractivity (Wildman–Crippen MR) is 117 cm³/mol. The maximum absolute atomic E-state index is 13.9. The zero-order chi connectivity index (χ0) is 19.6. The van der Waals surface area contributed by atoms with Crippen molar-refractivity contribution in [3.8, 4) is 0 Å². The van der Waals surface area contributed by atoms with Gasteiger partial charge >= 0.3 is 0 Å². The molecular formula is C23H34ClN3O2. The van der Waals surface area contributed by atoms with Gasteiger partial charge in [-0.25, -0.2) is 0 Å². The summed E-state index contributed by atoms with van der Waals surface area (Å²) < 4.78 is 0. The Labute approximate surface area is 180 Å². The van der Waals surface area contributed by atoms with Gasteiger partial charge < -0.3 is 16.0 Å². The van der Waals surface area contributed by atoms with Crippen LogP contribution in [0.25, 0.3) is 0 Å². The van der Waals surface area contributed by atoms with Crippen LogP contribution >= 0.6 is 12.4 Å². The highest BCUT2D eigenvalue weighted by molar-refractivity contribution is 5.86. The standard InChI is InChI=1S/C23H33N3O2.ClH/c24-10-11-25-21(27)19-7-4-12-26(16-19)22(28)23(14-17-5-2-1-3-6-17)15-18-8-9-20(23)13-18;/h1-3,5-6,18-20H,4,7-16,24H2,(H,25,27);1H. The fourth-order valence-electron chi connectivity index (χ4n) is 5.99. The number of hydrogen-bond donors (Lipinski definition) is 2. The van der Waals surface area contributed by atoms with Gasteiger partial charge in [-0.2, -0.15) is 0 Å². The Bertz CT molecular complexity index is 713. The number of carbonyl (C=O) groups is 2. The van der Waals surface area contributed by atoms with Gasteiger partial charge in [0.15, 0.2) is 0 Å². The van der Waals surface area contributed by atoms with Crippen LogP contribution in [0.5, 0.6) is 0 Å². The van der Waals surface area contributed by atoms with E-state index in [-0.39, 0.29) is 29.6 Å². The largest absolute Gasteiger partial charge is 0.355 e. The van der Waals surface area contributed by atoms with Gasteiger partial charge in [0.2, 0.25) is 11.8 Å². The number of carbonyl (C=O) groups excluding carboxylic acids is 2. The fourth-order valence-corrected chi connectivity index (χ4v) is 5.99. The van der Waals surface area contributed by atoms with Gasteiger partial charge in [-0.15, -0.1) is 12.4 Å². The van der Waals surface area contributed by atoms with Crippen molar-refractivity contribution in [2.75, 3.05) is 26.2 Å². The summed E-state index contributed by atoms with van der Waals surface area (Å²) in [6, 6.07) is 10.5. The molecular weight excluding hydrogens is 386 g/mol. The number of halogens is 1. The number of nitrogens with two attached hydrogens (primary N) is 1. The Morgan fingerprint density at radius 1 is 1.17 bits per heavy atom. The summed E-state index contributed by atoms with van der Waals surface area (Å²) in [6.07, 6.45) is 7.28. The van der Waals surface area contributed by atoms with Crippen LogP contribution in [-0.2, 0) is 16.0 Å². The number of hydrogen-bond acceptors (Lipinski definition) is 3. The van der Waals surface area contributed by atoms with Crippen LogP contribution in [0.1, 0.15) is 44.1 Å². The molecule has 160 valence electrons. The first kappa shape index (κ1) is 22.1. The van der Waals surface area contributed by atoms with Gasteiger partial charge in [0.25, 0.3) is 0 Å². The summed E-state index contributed by atoms with van der Waals surface area (Å²) in [6.45, 7) is 2.30. The molecule has 29 heavy (non-hydrogen) atoms. The SMILES string of the molecule is Cl.NCCNC(=O)C1CCCN(C(=O)C2(Cc3ccccc3)CC3CCC2C3)C1. The maximum Gasteiger partial charge on any atom is 0.229 e. The number of piperidine rings is 1. The third kappa shape index (κ3) is 4.46. The van der Waals surface area contributed by atoms with Crippen molar-refractivity contribution in [2.45, 2.75) is 44.9 Å². The smallest absolute Gasteiger partial charge is 0.229 e. The Balaban J connectivity index is 0.00000240. The molecule has 4 atom stereocenters. The molecule has 0 radical (unpaired) electrons. The topological polar surface area (TPSA) is 75.4 Å². The summed E-state index contributed by atoms with van der Waals surface area (Å²) in [5.41, 5.74) is 6.51. The third-order valence-corrected chi connectivity index (χ3v) is 7.29. The summed E-state index contributed by atoms with van der Waals surface area (Å²) >= 11 is 0. The summed E-state index contributed by atoms with van der Waals surface area (Å²) in [4.78, 5) is 28.3. The van der Waals surface area contributed by atoms with Crippen LogP contribution in [0.15, 0.2) is 30.3 Å². The van der Waals surface area contributed by atoms with Crippen molar-refractivity contribution >= 4 is 24.2 Å². The van der Waals surface area contributed by atoms with E-state index < -0.39 is 0 Å². The molecule has 1 heterocycles. The second-order valence-corrected chi connectivity index (χ2v) is 9.07. The lowest BCUT2D eigenvalue weighted by Gasteiger charge is -2.43. The van der Waals surface area contributed by atoms with E-state index in [0.717, 1.165) is 32.2 Å². The van der Waals surface area contributed by atoms with Crippen molar-refractivity contribution in [3.05, 3.63) is 35.9 Å². The van der Waals surface area contributed by atoms with Gasteiger partial charge in [-0.05, 0) is 55.9 Å². The van der Waals surface area contributed by atoms with E-state index in [9.17, 15) is 9.59 Å². The second-order valence-electron chi connectivity index (χ2n) is 9.07. The minimum absolute atomic E-state index is 0. The number of nitrogens with one attached hydrogen (secondary N) is 1. The number of rotatable bonds is 6. The van der Waals surface area contributed by atoms with Crippen molar-refractivity contribution in [2.24, 2.45) is 28.9 Å². The van der Waals surface area contributed by atoms with Crippen LogP contribution in [-0.4, -0.2) is 42.9 Å². The van der Waals surface area contributed by atoms with E-state index in [1.165, 1.54) is 24.8 Å². The van der Waals surface area contributed by atoms with E-state index in [1.807, 2.05) is 11.0 Å². The number of amides is 2. The molecule has 3 N–H and O–H groups in total. The minimum Gasteiger partial charge on any atom is -0.355 e. The first-order chi connectivity index (χ1) is 13.6. The van der Waals surface area contributed by atoms with Crippen molar-refractivity contribution in [1.29, 1.82) is 0 Å². The Morgan fingerprint density at radius 2 is 1.97 bits per heavy atom. The van der Waals surface area contributed by atoms with Crippen LogP contribution < -0.4 is 11.1 Å². The fraction of sp³-hybridized carbons (Fsp3) is 0.652. The first-order valence-electron chi connectivity index (χ1n) is 10.9. The van der Waals surface area contributed by atoms with Gasteiger partial charge in [-0.3, -0.25) is 9.59 Å². The predicted octanol–water partition coefficient (Wildman–Crippen LogP) is 2.77. The molecule has 1 aromatic rings. The molecule has 2 bridgehead atoms. The van der Waals surface area contributed by atoms with Crippen molar-refractivity contribution in [1.82, 2.24) is 10.2 Å². The molecule has 3 fully saturated rings. The lowest BCUT2D eigenvalue weighted by atomic mass is 9.68. The Morgan fingerprint density at radius 3 is 2.62 bits per heavy atom. The minimum atomic E-state index is -0.264. The average molecular weight is 420 g/mol. The van der Waals surface area contributed by atoms with Crippen LogP contribution in [0, 0.1) is 23.2 Å². The maximum atomic E-state index is 13.9.